The molecule has 0 amide bonds. The van der Waals surface area contributed by atoms with Crippen LogP contribution in [0.4, 0.5) is 5.69 Å². The molecule has 2 aliphatic heterocycles. The SMILES string of the molecule is N#Cc1cc(Br)cc(N2CCC(N3CCCCC3)C2)c1. The zero-order valence-corrected chi connectivity index (χ0v) is 13.3. The van der Waals surface area contributed by atoms with E-state index in [0.29, 0.717) is 6.04 Å². The molecule has 2 heterocycles. The van der Waals surface area contributed by atoms with Crippen LogP contribution in [-0.4, -0.2) is 37.1 Å². The topological polar surface area (TPSA) is 30.3 Å². The maximum atomic E-state index is 9.09. The second-order valence-electron chi connectivity index (χ2n) is 5.80. The molecule has 0 radical (unpaired) electrons. The van der Waals surface area contributed by atoms with Crippen molar-refractivity contribution in [3.63, 3.8) is 0 Å². The molecule has 3 nitrogen and oxygen atoms in total. The monoisotopic (exact) mass is 333 g/mol. The Bertz CT molecular complexity index is 517. The Morgan fingerprint density at radius 2 is 1.90 bits per heavy atom. The molecule has 4 heteroatoms. The average molecular weight is 334 g/mol. The fourth-order valence-corrected chi connectivity index (χ4v) is 3.86. The zero-order valence-electron chi connectivity index (χ0n) is 11.7. The van der Waals surface area contributed by atoms with Crippen molar-refractivity contribution in [2.45, 2.75) is 31.7 Å². The highest BCUT2D eigenvalue weighted by Gasteiger charge is 2.28. The van der Waals surface area contributed by atoms with Crippen LogP contribution < -0.4 is 4.90 Å². The number of halogens is 1. The molecule has 3 rings (SSSR count). The van der Waals surface area contributed by atoms with E-state index in [0.717, 1.165) is 23.1 Å². The summed E-state index contributed by atoms with van der Waals surface area (Å²) in [5, 5.41) is 9.09. The van der Waals surface area contributed by atoms with Gasteiger partial charge in [-0.1, -0.05) is 22.4 Å². The maximum Gasteiger partial charge on any atom is 0.0992 e. The van der Waals surface area contributed by atoms with Gasteiger partial charge in [-0.05, 0) is 50.6 Å². The average Bonchev–Trinajstić information content (AvgIpc) is 2.97. The van der Waals surface area contributed by atoms with E-state index >= 15 is 0 Å². The van der Waals surface area contributed by atoms with Gasteiger partial charge in [-0.3, -0.25) is 4.90 Å². The summed E-state index contributed by atoms with van der Waals surface area (Å²) in [6, 6.07) is 8.94. The molecular weight excluding hydrogens is 314 g/mol. The first-order valence-electron chi connectivity index (χ1n) is 7.46. The Balaban J connectivity index is 1.70. The number of nitriles is 1. The van der Waals surface area contributed by atoms with Crippen molar-refractivity contribution in [3.05, 3.63) is 28.2 Å². The van der Waals surface area contributed by atoms with E-state index in [1.54, 1.807) is 0 Å². The van der Waals surface area contributed by atoms with Gasteiger partial charge in [0, 0.05) is 29.3 Å². The van der Waals surface area contributed by atoms with Gasteiger partial charge in [0.25, 0.3) is 0 Å². The van der Waals surface area contributed by atoms with Gasteiger partial charge in [0.05, 0.1) is 11.6 Å². The lowest BCUT2D eigenvalue weighted by Crippen LogP contribution is -2.40. The number of rotatable bonds is 2. The van der Waals surface area contributed by atoms with Crippen LogP contribution >= 0.6 is 15.9 Å². The van der Waals surface area contributed by atoms with Crippen LogP contribution in [0, 0.1) is 11.3 Å². The van der Waals surface area contributed by atoms with E-state index in [1.165, 1.54) is 44.5 Å². The summed E-state index contributed by atoms with van der Waals surface area (Å²) < 4.78 is 0.993. The summed E-state index contributed by atoms with van der Waals surface area (Å²) in [5.41, 5.74) is 1.91. The van der Waals surface area contributed by atoms with Crippen LogP contribution in [0.15, 0.2) is 22.7 Å². The Morgan fingerprint density at radius 3 is 2.65 bits per heavy atom. The fourth-order valence-electron chi connectivity index (χ4n) is 3.38. The molecule has 0 spiro atoms. The lowest BCUT2D eigenvalue weighted by atomic mass is 10.1. The van der Waals surface area contributed by atoms with Gasteiger partial charge in [0.1, 0.15) is 0 Å². The summed E-state index contributed by atoms with van der Waals surface area (Å²) in [4.78, 5) is 5.08. The minimum absolute atomic E-state index is 0.694. The highest BCUT2D eigenvalue weighted by Crippen LogP contribution is 2.28. The molecule has 1 unspecified atom stereocenters. The lowest BCUT2D eigenvalue weighted by molar-refractivity contribution is 0.175. The first kappa shape index (κ1) is 13.9. The molecule has 1 aromatic rings. The van der Waals surface area contributed by atoms with E-state index in [1.807, 2.05) is 12.1 Å². The summed E-state index contributed by atoms with van der Waals surface area (Å²) in [5.74, 6) is 0. The van der Waals surface area contributed by atoms with Crippen molar-refractivity contribution in [1.82, 2.24) is 4.90 Å². The first-order valence-corrected chi connectivity index (χ1v) is 8.25. The minimum atomic E-state index is 0.694. The molecular formula is C16H20BrN3. The standard InChI is InChI=1S/C16H20BrN3/c17-14-8-13(11-18)9-16(10-14)20-7-4-15(12-20)19-5-2-1-3-6-19/h8-10,15H,1-7,12H2. The van der Waals surface area contributed by atoms with Crippen LogP contribution in [0.1, 0.15) is 31.2 Å². The molecule has 0 aliphatic carbocycles. The van der Waals surface area contributed by atoms with Gasteiger partial charge < -0.3 is 4.90 Å². The number of nitrogens with zero attached hydrogens (tertiary/aromatic N) is 3. The van der Waals surface area contributed by atoms with E-state index in [9.17, 15) is 0 Å². The summed E-state index contributed by atoms with van der Waals surface area (Å²) in [7, 11) is 0. The van der Waals surface area contributed by atoms with Crippen LogP contribution in [-0.2, 0) is 0 Å². The number of benzene rings is 1. The second-order valence-corrected chi connectivity index (χ2v) is 6.71. The predicted molar refractivity (Wildman–Crippen MR) is 84.9 cm³/mol. The summed E-state index contributed by atoms with van der Waals surface area (Å²) >= 11 is 3.50. The Kier molecular flexibility index (Phi) is 4.28. The Labute approximate surface area is 129 Å². The Morgan fingerprint density at radius 1 is 1.10 bits per heavy atom. The predicted octanol–water partition coefficient (Wildman–Crippen LogP) is 3.39. The molecule has 1 aromatic carbocycles. The van der Waals surface area contributed by atoms with Crippen molar-refractivity contribution in [1.29, 1.82) is 5.26 Å². The van der Waals surface area contributed by atoms with Gasteiger partial charge >= 0.3 is 0 Å². The molecule has 0 saturated carbocycles. The zero-order chi connectivity index (χ0) is 13.9. The third kappa shape index (κ3) is 2.99. The molecule has 0 aromatic heterocycles. The first-order chi connectivity index (χ1) is 9.76. The second kappa shape index (κ2) is 6.15. The molecule has 0 N–H and O–H groups in total. The molecule has 20 heavy (non-hydrogen) atoms. The summed E-state index contributed by atoms with van der Waals surface area (Å²) in [6.45, 7) is 4.73. The normalized spacial score (nSPS) is 23.8. The molecule has 0 bridgehead atoms. The number of hydrogen-bond acceptors (Lipinski definition) is 3. The third-order valence-electron chi connectivity index (χ3n) is 4.45. The fraction of sp³-hybridized carbons (Fsp3) is 0.562. The largest absolute Gasteiger partial charge is 0.370 e. The molecule has 1 atom stereocenters. The van der Waals surface area contributed by atoms with Gasteiger partial charge in [-0.15, -0.1) is 0 Å². The molecule has 2 aliphatic rings. The van der Waals surface area contributed by atoms with Gasteiger partial charge in [-0.25, -0.2) is 0 Å². The van der Waals surface area contributed by atoms with Crippen LogP contribution in [0.3, 0.4) is 0 Å². The van der Waals surface area contributed by atoms with E-state index in [2.05, 4.69) is 37.9 Å². The third-order valence-corrected chi connectivity index (χ3v) is 4.91. The van der Waals surface area contributed by atoms with E-state index in [-0.39, 0.29) is 0 Å². The van der Waals surface area contributed by atoms with Crippen molar-refractivity contribution >= 4 is 21.6 Å². The van der Waals surface area contributed by atoms with Crippen molar-refractivity contribution in [2.24, 2.45) is 0 Å². The van der Waals surface area contributed by atoms with Crippen molar-refractivity contribution in [2.75, 3.05) is 31.1 Å². The number of piperidine rings is 1. The lowest BCUT2D eigenvalue weighted by Gasteiger charge is -2.32. The summed E-state index contributed by atoms with van der Waals surface area (Å²) in [6.07, 6.45) is 5.34. The van der Waals surface area contributed by atoms with Gasteiger partial charge in [0.15, 0.2) is 0 Å². The highest BCUT2D eigenvalue weighted by atomic mass is 79.9. The van der Waals surface area contributed by atoms with Crippen LogP contribution in [0.5, 0.6) is 0 Å². The number of hydrogen-bond donors (Lipinski definition) is 0. The minimum Gasteiger partial charge on any atom is -0.370 e. The van der Waals surface area contributed by atoms with Crippen molar-refractivity contribution < 1.29 is 0 Å². The molecule has 2 saturated heterocycles. The quantitative estimate of drug-likeness (QED) is 0.831. The van der Waals surface area contributed by atoms with Crippen LogP contribution in [0.25, 0.3) is 0 Å². The maximum absolute atomic E-state index is 9.09. The molecule has 106 valence electrons. The van der Waals surface area contributed by atoms with Gasteiger partial charge in [-0.2, -0.15) is 5.26 Å². The van der Waals surface area contributed by atoms with Gasteiger partial charge in [0.2, 0.25) is 0 Å². The van der Waals surface area contributed by atoms with Crippen LogP contribution in [0.2, 0.25) is 0 Å². The van der Waals surface area contributed by atoms with Crippen molar-refractivity contribution in [3.8, 4) is 6.07 Å². The van der Waals surface area contributed by atoms with E-state index < -0.39 is 0 Å². The molecule has 2 fully saturated rings. The Hall–Kier alpha value is -1.05. The van der Waals surface area contributed by atoms with E-state index in [4.69, 9.17) is 5.26 Å². The number of anilines is 1. The smallest absolute Gasteiger partial charge is 0.0992 e. The highest BCUT2D eigenvalue weighted by molar-refractivity contribution is 9.10. The number of likely N-dealkylation sites (tertiary alicyclic amines) is 1.